The molecule has 33 heavy (non-hydrogen) atoms. The third-order valence-electron chi connectivity index (χ3n) is 5.47. The lowest BCUT2D eigenvalue weighted by Crippen LogP contribution is -2.30. The van der Waals surface area contributed by atoms with E-state index in [-0.39, 0.29) is 4.75 Å². The van der Waals surface area contributed by atoms with Gasteiger partial charge in [-0.3, -0.25) is 0 Å². The van der Waals surface area contributed by atoms with Crippen LogP contribution in [0.25, 0.3) is 0 Å². The Morgan fingerprint density at radius 1 is 0.667 bits per heavy atom. The minimum atomic E-state index is -2.72. The zero-order chi connectivity index (χ0) is 25.5. The van der Waals surface area contributed by atoms with Crippen LogP contribution in [0.4, 0.5) is 0 Å². The summed E-state index contributed by atoms with van der Waals surface area (Å²) in [5.74, 6) is 6.10. The van der Waals surface area contributed by atoms with Gasteiger partial charge in [-0.1, -0.05) is 165 Å². The molecule has 1 unspecified atom stereocenters. The molecule has 0 heterocycles. The molecule has 0 aromatic rings. The molecule has 0 aromatic carbocycles. The van der Waals surface area contributed by atoms with E-state index < -0.39 is 3.45 Å². The van der Waals surface area contributed by atoms with Gasteiger partial charge in [-0.25, -0.2) is 0 Å². The minimum absolute atomic E-state index is 0.258. The topological polar surface area (TPSA) is 0 Å². The summed E-state index contributed by atoms with van der Waals surface area (Å²) in [7, 11) is 12.4. The first-order chi connectivity index (χ1) is 15.4. The summed E-state index contributed by atoms with van der Waals surface area (Å²) >= 11 is 0. The fraction of sp³-hybridized carbons (Fsp3) is 1.00. The Hall–Kier alpha value is 2.10. The molecule has 0 spiro atoms. The fourth-order valence-electron chi connectivity index (χ4n) is 3.70. The Kier molecular flexibility index (Phi) is 17.2. The summed E-state index contributed by atoms with van der Waals surface area (Å²) in [5, 5.41) is 0.708. The van der Waals surface area contributed by atoms with Crippen molar-refractivity contribution in [3.05, 3.63) is 0 Å². The van der Waals surface area contributed by atoms with Crippen molar-refractivity contribution in [2.24, 2.45) is 5.92 Å². The molecule has 0 aliphatic heterocycles. The van der Waals surface area contributed by atoms with Crippen LogP contribution >= 0.6 is 57.4 Å². The lowest BCUT2D eigenvalue weighted by Gasteiger charge is -2.78. The van der Waals surface area contributed by atoms with Crippen molar-refractivity contribution < 1.29 is 0 Å². The Bertz CT molecular complexity index is 501. The molecular weight excluding hydrogens is 517 g/mol. The molecule has 0 radical (unpaired) electrons. The fourth-order valence-corrected chi connectivity index (χ4v) is 49.9. The smallest absolute Gasteiger partial charge is 0.0179 e. The van der Waals surface area contributed by atoms with Crippen LogP contribution in [0.5, 0.6) is 0 Å². The zero-order valence-electron chi connectivity index (χ0n) is 24.0. The summed E-state index contributed by atoms with van der Waals surface area (Å²) in [5.41, 5.74) is 0. The summed E-state index contributed by atoms with van der Waals surface area (Å²) in [4.78, 5) is 0. The van der Waals surface area contributed by atoms with Gasteiger partial charge in [0.1, 0.15) is 0 Å². The maximum absolute atomic E-state index is 2.72. The average molecular weight is 577 g/mol. The van der Waals surface area contributed by atoms with Gasteiger partial charge in [-0.05, 0) is 31.6 Å². The van der Waals surface area contributed by atoms with E-state index in [0.29, 0.717) is 5.25 Å². The van der Waals surface area contributed by atoms with E-state index in [1.165, 1.54) is 87.2 Å². The van der Waals surface area contributed by atoms with Gasteiger partial charge in [-0.2, -0.15) is 0 Å². The normalized spacial score (nSPS) is 16.1. The maximum Gasteiger partial charge on any atom is 0.0179 e. The van der Waals surface area contributed by atoms with Gasteiger partial charge >= 0.3 is 0 Å². The molecule has 0 rings (SSSR count). The van der Waals surface area contributed by atoms with Crippen molar-refractivity contribution in [3.8, 4) is 0 Å². The highest BCUT2D eigenvalue weighted by molar-refractivity contribution is 9.97. The number of rotatable bonds is 21. The lowest BCUT2D eigenvalue weighted by molar-refractivity contribution is 0.706. The van der Waals surface area contributed by atoms with Gasteiger partial charge in [0.25, 0.3) is 0 Å². The Morgan fingerprint density at radius 2 is 1.21 bits per heavy atom. The van der Waals surface area contributed by atoms with E-state index in [1.807, 2.05) is 0 Å². The summed E-state index contributed by atoms with van der Waals surface area (Å²) < 4.78 is -2.46. The average Bonchev–Trinajstić information content (AvgIpc) is 2.73. The number of hydrogen-bond acceptors (Lipinski definition) is 5. The molecule has 0 amide bonds. The SMILES string of the molecule is CCCCCCS(SCCCC)(SCCCCC)(SCC(C)C)(SC(C)CC)SC(C)(C)C. The van der Waals surface area contributed by atoms with Gasteiger partial charge in [0, 0.05) is 33.0 Å². The molecule has 0 bridgehead atoms. The first-order valence-electron chi connectivity index (χ1n) is 13.8. The monoisotopic (exact) mass is 576 g/mol. The highest BCUT2D eigenvalue weighted by atomic mass is 34.4. The second-order valence-electron chi connectivity index (χ2n) is 10.9. The molecular formula is C27H60S6. The molecule has 0 aliphatic rings. The first-order valence-corrected chi connectivity index (χ1v) is 23.7. The van der Waals surface area contributed by atoms with Crippen molar-refractivity contribution in [2.75, 3.05) is 23.0 Å². The molecule has 0 aromatic heterocycles. The van der Waals surface area contributed by atoms with Crippen LogP contribution in [0.2, 0.25) is 0 Å². The van der Waals surface area contributed by atoms with Crippen molar-refractivity contribution in [2.45, 2.75) is 143 Å². The van der Waals surface area contributed by atoms with Crippen molar-refractivity contribution >= 4 is 57.4 Å². The molecule has 6 heteroatoms. The van der Waals surface area contributed by atoms with Crippen LogP contribution in [-0.4, -0.2) is 33.0 Å². The second-order valence-corrected chi connectivity index (χ2v) is 41.2. The van der Waals surface area contributed by atoms with Crippen LogP contribution < -0.4 is 0 Å². The minimum Gasteiger partial charge on any atom is -0.0941 e. The van der Waals surface area contributed by atoms with E-state index in [2.05, 4.69) is 123 Å². The lowest BCUT2D eigenvalue weighted by atomic mass is 10.2. The highest BCUT2D eigenvalue weighted by Crippen LogP contribution is 3.23. The van der Waals surface area contributed by atoms with Crippen molar-refractivity contribution in [3.63, 3.8) is 0 Å². The van der Waals surface area contributed by atoms with E-state index in [0.717, 1.165) is 5.92 Å². The second kappa shape index (κ2) is 16.1. The molecule has 0 saturated carbocycles. The first kappa shape index (κ1) is 35.1. The third kappa shape index (κ3) is 12.5. The molecule has 204 valence electrons. The standard InChI is InChI=1S/C27H60S6/c1-11-15-18-20-23-33(28-21-17-13-3,30-24-25(5)6,31-26(7)14-4,32-27(8,9)10)29-22-19-16-12-2/h25-26H,11-24H2,1-10H3. The van der Waals surface area contributed by atoms with Gasteiger partial charge < -0.3 is 0 Å². The van der Waals surface area contributed by atoms with E-state index >= 15 is 0 Å². The van der Waals surface area contributed by atoms with Crippen LogP contribution in [0.15, 0.2) is 0 Å². The van der Waals surface area contributed by atoms with Crippen molar-refractivity contribution in [1.29, 1.82) is 0 Å². The Labute approximate surface area is 228 Å². The summed E-state index contributed by atoms with van der Waals surface area (Å²) in [6, 6.07) is 0. The number of hydrogen-bond donors (Lipinski definition) is 0. The molecule has 0 saturated heterocycles. The van der Waals surface area contributed by atoms with Crippen LogP contribution in [-0.2, 0) is 0 Å². The van der Waals surface area contributed by atoms with Crippen LogP contribution in [0, 0.1) is 5.92 Å². The number of unbranched alkanes of at least 4 members (excludes halogenated alkanes) is 6. The maximum atomic E-state index is 2.53. The highest BCUT2D eigenvalue weighted by Gasteiger charge is 2.65. The summed E-state index contributed by atoms with van der Waals surface area (Å²) in [6.07, 6.45) is 13.5. The molecule has 0 fully saturated rings. The van der Waals surface area contributed by atoms with Crippen LogP contribution in [0.3, 0.4) is 0 Å². The van der Waals surface area contributed by atoms with E-state index in [1.54, 1.807) is 0 Å². The Morgan fingerprint density at radius 3 is 1.70 bits per heavy atom. The van der Waals surface area contributed by atoms with Gasteiger partial charge in [0.05, 0.1) is 0 Å². The quantitative estimate of drug-likeness (QED) is 0.0981. The molecule has 1 atom stereocenters. The predicted octanol–water partition coefficient (Wildman–Crippen LogP) is 12.9. The largest absolute Gasteiger partial charge is 0.0941 e. The predicted molar refractivity (Wildman–Crippen MR) is 178 cm³/mol. The molecule has 0 nitrogen and oxygen atoms in total. The summed E-state index contributed by atoms with van der Waals surface area (Å²) in [6.45, 7) is 24.4. The van der Waals surface area contributed by atoms with E-state index in [9.17, 15) is 0 Å². The van der Waals surface area contributed by atoms with Crippen LogP contribution in [0.1, 0.15) is 133 Å². The zero-order valence-corrected chi connectivity index (χ0v) is 28.9. The van der Waals surface area contributed by atoms with Crippen molar-refractivity contribution in [1.82, 2.24) is 0 Å². The van der Waals surface area contributed by atoms with Gasteiger partial charge in [0.15, 0.2) is 0 Å². The third-order valence-corrected chi connectivity index (χ3v) is 41.5. The van der Waals surface area contributed by atoms with Gasteiger partial charge in [0.2, 0.25) is 0 Å². The Balaban J connectivity index is 6.90. The molecule has 0 N–H and O–H groups in total. The van der Waals surface area contributed by atoms with Gasteiger partial charge in [-0.15, -0.1) is 0 Å². The molecule has 0 aliphatic carbocycles. The van der Waals surface area contributed by atoms with E-state index in [4.69, 9.17) is 0 Å².